The zero-order chi connectivity index (χ0) is 23.7. The first-order chi connectivity index (χ1) is 16.5. The van der Waals surface area contributed by atoms with Gasteiger partial charge in [-0.05, 0) is 102 Å². The smallest absolute Gasteiger partial charge is 0.293 e. The summed E-state index contributed by atoms with van der Waals surface area (Å²) in [6.45, 7) is 0. The molecule has 0 saturated heterocycles. The summed E-state index contributed by atoms with van der Waals surface area (Å²) in [5.74, 6) is 0.282. The molecule has 0 unspecified atom stereocenters. The molecule has 5 nitrogen and oxygen atoms in total. The third kappa shape index (κ3) is 5.00. The van der Waals surface area contributed by atoms with Gasteiger partial charge in [-0.3, -0.25) is 10.1 Å². The first-order valence-corrected chi connectivity index (χ1v) is 12.8. The first kappa shape index (κ1) is 23.0. The molecule has 2 heterocycles. The number of carbonyl (C=O) groups excluding carboxylic acids is 1. The average molecular weight is 616 g/mol. The number of nitrogens with one attached hydrogen (secondary N) is 2. The minimum atomic E-state index is -0.440. The summed E-state index contributed by atoms with van der Waals surface area (Å²) in [5.41, 5.74) is 3.43. The normalized spacial score (nSPS) is 10.9. The molecule has 0 aliphatic rings. The Morgan fingerprint density at radius 3 is 2.62 bits per heavy atom. The van der Waals surface area contributed by atoms with Crippen LogP contribution in [0, 0.1) is 3.57 Å². The topological polar surface area (TPSA) is 67.2 Å². The van der Waals surface area contributed by atoms with Gasteiger partial charge in [0.1, 0.15) is 10.8 Å². The number of aromatic nitrogens is 1. The van der Waals surface area contributed by atoms with E-state index in [1.165, 1.54) is 0 Å². The van der Waals surface area contributed by atoms with Crippen LogP contribution in [0.25, 0.3) is 32.1 Å². The van der Waals surface area contributed by atoms with Crippen LogP contribution in [0.15, 0.2) is 83.3 Å². The van der Waals surface area contributed by atoms with Gasteiger partial charge in [-0.2, -0.15) is 0 Å². The third-order valence-electron chi connectivity index (χ3n) is 4.94. The molecular formula is C25H15ClIN3O2S2. The zero-order valence-electron chi connectivity index (χ0n) is 17.3. The predicted octanol–water partition coefficient (Wildman–Crippen LogP) is 7.61. The lowest BCUT2D eigenvalue weighted by molar-refractivity contribution is 0.0951. The Bertz CT molecular complexity index is 1500. The molecule has 0 atom stereocenters. The Morgan fingerprint density at radius 1 is 1.03 bits per heavy atom. The second-order valence-electron chi connectivity index (χ2n) is 7.26. The summed E-state index contributed by atoms with van der Waals surface area (Å²) in [6.07, 6.45) is 0. The van der Waals surface area contributed by atoms with E-state index in [0.717, 1.165) is 35.6 Å². The van der Waals surface area contributed by atoms with Crippen LogP contribution in [0.2, 0.25) is 5.02 Å². The van der Waals surface area contributed by atoms with Gasteiger partial charge < -0.3 is 9.73 Å². The molecule has 5 rings (SSSR count). The minimum Gasteiger partial charge on any atom is -0.451 e. The monoisotopic (exact) mass is 615 g/mol. The summed E-state index contributed by atoms with van der Waals surface area (Å²) in [4.78, 5) is 17.5. The summed E-state index contributed by atoms with van der Waals surface area (Å²) in [5, 5.41) is 7.48. The molecule has 0 radical (unpaired) electrons. The van der Waals surface area contributed by atoms with Crippen molar-refractivity contribution in [3.63, 3.8) is 0 Å². The molecule has 1 amide bonds. The van der Waals surface area contributed by atoms with Gasteiger partial charge in [0.15, 0.2) is 10.9 Å². The lowest BCUT2D eigenvalue weighted by Crippen LogP contribution is -2.34. The lowest BCUT2D eigenvalue weighted by atomic mass is 10.2. The molecule has 168 valence electrons. The van der Waals surface area contributed by atoms with Crippen molar-refractivity contribution in [3.8, 4) is 21.9 Å². The molecule has 5 aromatic rings. The number of rotatable bonds is 4. The Labute approximate surface area is 223 Å². The number of thiazole rings is 1. The summed E-state index contributed by atoms with van der Waals surface area (Å²) in [6, 6.07) is 24.5. The highest BCUT2D eigenvalue weighted by atomic mass is 127. The molecule has 0 aliphatic heterocycles. The number of furan rings is 1. The van der Waals surface area contributed by atoms with Gasteiger partial charge in [0, 0.05) is 19.7 Å². The predicted molar refractivity (Wildman–Crippen MR) is 151 cm³/mol. The van der Waals surface area contributed by atoms with Crippen LogP contribution in [0.3, 0.4) is 0 Å². The van der Waals surface area contributed by atoms with Gasteiger partial charge >= 0.3 is 0 Å². The maximum absolute atomic E-state index is 12.7. The van der Waals surface area contributed by atoms with E-state index in [0.29, 0.717) is 10.8 Å². The van der Waals surface area contributed by atoms with E-state index in [-0.39, 0.29) is 10.9 Å². The molecule has 0 aliphatic carbocycles. The van der Waals surface area contributed by atoms with Crippen molar-refractivity contribution in [1.29, 1.82) is 0 Å². The van der Waals surface area contributed by atoms with Crippen molar-refractivity contribution in [2.75, 3.05) is 5.32 Å². The molecule has 9 heteroatoms. The van der Waals surface area contributed by atoms with Crippen molar-refractivity contribution in [2.24, 2.45) is 0 Å². The van der Waals surface area contributed by atoms with E-state index in [1.54, 1.807) is 35.6 Å². The maximum atomic E-state index is 12.7. The number of amides is 1. The molecule has 0 spiro atoms. The van der Waals surface area contributed by atoms with E-state index in [2.05, 4.69) is 33.2 Å². The summed E-state index contributed by atoms with van der Waals surface area (Å²) < 4.78 is 7.88. The van der Waals surface area contributed by atoms with Gasteiger partial charge in [0.05, 0.1) is 15.9 Å². The highest BCUT2D eigenvalue weighted by Gasteiger charge is 2.16. The Morgan fingerprint density at radius 2 is 1.82 bits per heavy atom. The molecule has 2 N–H and O–H groups in total. The van der Waals surface area contributed by atoms with Crippen LogP contribution in [0.5, 0.6) is 0 Å². The lowest BCUT2D eigenvalue weighted by Gasteiger charge is -2.12. The summed E-state index contributed by atoms with van der Waals surface area (Å²) in [7, 11) is 0. The van der Waals surface area contributed by atoms with E-state index >= 15 is 0 Å². The van der Waals surface area contributed by atoms with E-state index in [9.17, 15) is 4.79 Å². The zero-order valence-corrected chi connectivity index (χ0v) is 21.9. The number of benzene rings is 3. The molecule has 0 bridgehead atoms. The van der Waals surface area contributed by atoms with Gasteiger partial charge in [0.2, 0.25) is 0 Å². The van der Waals surface area contributed by atoms with Crippen LogP contribution in [0.1, 0.15) is 10.6 Å². The highest BCUT2D eigenvalue weighted by molar-refractivity contribution is 14.1. The van der Waals surface area contributed by atoms with Crippen molar-refractivity contribution in [1.82, 2.24) is 10.3 Å². The van der Waals surface area contributed by atoms with Crippen LogP contribution in [-0.4, -0.2) is 16.0 Å². The van der Waals surface area contributed by atoms with Gasteiger partial charge in [0.25, 0.3) is 5.91 Å². The second-order valence-corrected chi connectivity index (χ2v) is 10.4. The van der Waals surface area contributed by atoms with Crippen molar-refractivity contribution in [3.05, 3.63) is 93.2 Å². The Kier molecular flexibility index (Phi) is 6.64. The standard InChI is InChI=1S/C25H15ClIN3O2S2/c26-15-7-5-14(6-8-15)20-11-12-21(32-20)23(31)30-25(33)29-18-10-9-16(27)13-17(18)24-28-19-3-1-2-4-22(19)34-24/h1-13H,(H2,29,30,31,33). The number of anilines is 1. The first-order valence-electron chi connectivity index (χ1n) is 10.1. The largest absolute Gasteiger partial charge is 0.451 e. The Balaban J connectivity index is 1.33. The van der Waals surface area contributed by atoms with E-state index < -0.39 is 5.91 Å². The maximum Gasteiger partial charge on any atom is 0.293 e. The van der Waals surface area contributed by atoms with E-state index in [1.807, 2.05) is 54.6 Å². The van der Waals surface area contributed by atoms with Crippen LogP contribution in [-0.2, 0) is 0 Å². The van der Waals surface area contributed by atoms with Crippen molar-refractivity contribution in [2.45, 2.75) is 0 Å². The van der Waals surface area contributed by atoms with Crippen LogP contribution >= 0.6 is 57.7 Å². The number of fused-ring (bicyclic) bond motifs is 1. The number of hydrogen-bond acceptors (Lipinski definition) is 5. The molecule has 34 heavy (non-hydrogen) atoms. The average Bonchev–Trinajstić information content (AvgIpc) is 3.48. The second kappa shape index (κ2) is 9.83. The fourth-order valence-electron chi connectivity index (χ4n) is 3.34. The third-order valence-corrected chi connectivity index (χ3v) is 7.14. The van der Waals surface area contributed by atoms with Crippen molar-refractivity contribution < 1.29 is 9.21 Å². The number of nitrogens with zero attached hydrogens (tertiary/aromatic N) is 1. The Hall–Kier alpha value is -2.79. The molecule has 2 aromatic heterocycles. The fourth-order valence-corrected chi connectivity index (χ4v) is 5.15. The fraction of sp³-hybridized carbons (Fsp3) is 0. The number of thiocarbonyl (C=S) groups is 1. The molecule has 0 saturated carbocycles. The number of hydrogen-bond donors (Lipinski definition) is 2. The minimum absolute atomic E-state index is 0.156. The number of halogens is 2. The molecular weight excluding hydrogens is 601 g/mol. The van der Waals surface area contributed by atoms with Gasteiger partial charge in [-0.15, -0.1) is 11.3 Å². The molecule has 3 aromatic carbocycles. The highest BCUT2D eigenvalue weighted by Crippen LogP contribution is 2.35. The molecule has 0 fully saturated rings. The van der Waals surface area contributed by atoms with Crippen LogP contribution < -0.4 is 10.6 Å². The van der Waals surface area contributed by atoms with Gasteiger partial charge in [-0.1, -0.05) is 23.7 Å². The summed E-state index contributed by atoms with van der Waals surface area (Å²) >= 11 is 15.2. The van der Waals surface area contributed by atoms with E-state index in [4.69, 9.17) is 33.2 Å². The SMILES string of the molecule is O=C(NC(=S)Nc1ccc(I)cc1-c1nc2ccccc2s1)c1ccc(-c2ccc(Cl)cc2)o1. The van der Waals surface area contributed by atoms with Crippen molar-refractivity contribution >= 4 is 84.7 Å². The quantitative estimate of drug-likeness (QED) is 0.161. The number of carbonyl (C=O) groups is 1. The van der Waals surface area contributed by atoms with Crippen LogP contribution in [0.4, 0.5) is 5.69 Å². The number of para-hydroxylation sites is 1. The van der Waals surface area contributed by atoms with Gasteiger partial charge in [-0.25, -0.2) is 4.98 Å².